The van der Waals surface area contributed by atoms with E-state index < -0.39 is 4.92 Å². The van der Waals surface area contributed by atoms with Gasteiger partial charge in [0.2, 0.25) is 0 Å². The number of nitro benzene ring substituents is 1. The molecule has 0 saturated heterocycles. The summed E-state index contributed by atoms with van der Waals surface area (Å²) in [5.74, 6) is 0. The molecule has 0 unspecified atom stereocenters. The van der Waals surface area contributed by atoms with Gasteiger partial charge in [-0.2, -0.15) is 0 Å². The highest BCUT2D eigenvalue weighted by Crippen LogP contribution is 2.24. The Morgan fingerprint density at radius 2 is 1.90 bits per heavy atom. The lowest BCUT2D eigenvalue weighted by Crippen LogP contribution is -1.87. The zero-order valence-corrected chi connectivity index (χ0v) is 11.1. The van der Waals surface area contributed by atoms with Crippen LogP contribution in [0.25, 0.3) is 6.08 Å². The molecular formula is C16H14N2O2. The van der Waals surface area contributed by atoms with Crippen molar-refractivity contribution in [2.45, 2.75) is 6.92 Å². The van der Waals surface area contributed by atoms with Crippen LogP contribution in [0, 0.1) is 17.0 Å². The molecule has 0 aromatic heterocycles. The van der Waals surface area contributed by atoms with E-state index in [1.165, 1.54) is 12.1 Å². The van der Waals surface area contributed by atoms with Crippen LogP contribution in [0.5, 0.6) is 0 Å². The lowest BCUT2D eigenvalue weighted by molar-refractivity contribution is -0.384. The van der Waals surface area contributed by atoms with Crippen LogP contribution < -0.4 is 0 Å². The highest BCUT2D eigenvalue weighted by molar-refractivity contribution is 5.81. The molecule has 0 N–H and O–H groups in total. The van der Waals surface area contributed by atoms with E-state index in [2.05, 4.69) is 4.99 Å². The summed E-state index contributed by atoms with van der Waals surface area (Å²) in [5, 5.41) is 10.7. The maximum Gasteiger partial charge on any atom is 0.271 e. The summed E-state index contributed by atoms with van der Waals surface area (Å²) in [4.78, 5) is 14.5. The monoisotopic (exact) mass is 266 g/mol. The van der Waals surface area contributed by atoms with Crippen LogP contribution in [-0.2, 0) is 0 Å². The standard InChI is InChI=1S/C16H14N2O2/c1-13-9-10-15(18(19)20)12-16(13)17-11-5-8-14-6-3-2-4-7-14/h2-12H,1H3. The average Bonchev–Trinajstić information content (AvgIpc) is 2.46. The van der Waals surface area contributed by atoms with Gasteiger partial charge in [-0.05, 0) is 24.1 Å². The van der Waals surface area contributed by atoms with Gasteiger partial charge < -0.3 is 0 Å². The minimum absolute atomic E-state index is 0.0507. The summed E-state index contributed by atoms with van der Waals surface area (Å²) in [6, 6.07) is 14.5. The SMILES string of the molecule is Cc1ccc([N+](=O)[O-])cc1N=CC=Cc1ccccc1. The number of aryl methyl sites for hydroxylation is 1. The number of hydrogen-bond donors (Lipinski definition) is 0. The predicted octanol–water partition coefficient (Wildman–Crippen LogP) is 4.32. The van der Waals surface area contributed by atoms with Crippen molar-refractivity contribution in [3.05, 3.63) is 75.8 Å². The third kappa shape index (κ3) is 3.62. The summed E-state index contributed by atoms with van der Waals surface area (Å²) < 4.78 is 0. The van der Waals surface area contributed by atoms with Crippen LogP contribution in [0.2, 0.25) is 0 Å². The van der Waals surface area contributed by atoms with Crippen molar-refractivity contribution in [1.82, 2.24) is 0 Å². The van der Waals surface area contributed by atoms with Gasteiger partial charge in [0.25, 0.3) is 5.69 Å². The topological polar surface area (TPSA) is 55.5 Å². The van der Waals surface area contributed by atoms with E-state index in [1.807, 2.05) is 49.4 Å². The van der Waals surface area contributed by atoms with Gasteiger partial charge in [0.05, 0.1) is 10.6 Å². The van der Waals surface area contributed by atoms with E-state index in [9.17, 15) is 10.1 Å². The Morgan fingerprint density at radius 1 is 1.15 bits per heavy atom. The number of benzene rings is 2. The van der Waals surface area contributed by atoms with E-state index in [4.69, 9.17) is 0 Å². The second kappa shape index (κ2) is 6.43. The lowest BCUT2D eigenvalue weighted by atomic mass is 10.2. The Kier molecular flexibility index (Phi) is 4.39. The Morgan fingerprint density at radius 3 is 2.60 bits per heavy atom. The quantitative estimate of drug-likeness (QED) is 0.470. The van der Waals surface area contributed by atoms with E-state index in [1.54, 1.807) is 12.3 Å². The number of nitro groups is 1. The molecule has 2 aromatic rings. The van der Waals surface area contributed by atoms with Crippen LogP contribution in [0.15, 0.2) is 59.6 Å². The normalized spacial score (nSPS) is 11.2. The van der Waals surface area contributed by atoms with E-state index in [0.717, 1.165) is 11.1 Å². The zero-order valence-electron chi connectivity index (χ0n) is 11.1. The molecular weight excluding hydrogens is 252 g/mol. The third-order valence-corrected chi connectivity index (χ3v) is 2.79. The summed E-state index contributed by atoms with van der Waals surface area (Å²) in [7, 11) is 0. The number of rotatable bonds is 4. The van der Waals surface area contributed by atoms with Crippen LogP contribution in [-0.4, -0.2) is 11.1 Å². The summed E-state index contributed by atoms with van der Waals surface area (Å²) in [6.45, 7) is 1.87. The molecule has 20 heavy (non-hydrogen) atoms. The van der Waals surface area contributed by atoms with Crippen molar-refractivity contribution in [2.24, 2.45) is 4.99 Å². The van der Waals surface area contributed by atoms with Gasteiger partial charge in [-0.15, -0.1) is 0 Å². The van der Waals surface area contributed by atoms with Crippen molar-refractivity contribution in [2.75, 3.05) is 0 Å². The largest absolute Gasteiger partial charge is 0.271 e. The Hall–Kier alpha value is -2.75. The van der Waals surface area contributed by atoms with Crippen LogP contribution in [0.1, 0.15) is 11.1 Å². The van der Waals surface area contributed by atoms with Crippen LogP contribution >= 0.6 is 0 Å². The maximum absolute atomic E-state index is 10.7. The van der Waals surface area contributed by atoms with Gasteiger partial charge in [0.1, 0.15) is 0 Å². The first-order valence-electron chi connectivity index (χ1n) is 6.17. The molecule has 100 valence electrons. The summed E-state index contributed by atoms with van der Waals surface area (Å²) in [6.07, 6.45) is 5.38. The Bertz CT molecular complexity index is 661. The first-order chi connectivity index (χ1) is 9.66. The summed E-state index contributed by atoms with van der Waals surface area (Å²) in [5.41, 5.74) is 2.64. The van der Waals surface area contributed by atoms with Crippen molar-refractivity contribution < 1.29 is 4.92 Å². The minimum Gasteiger partial charge on any atom is -0.258 e. The van der Waals surface area contributed by atoms with Gasteiger partial charge >= 0.3 is 0 Å². The van der Waals surface area contributed by atoms with Crippen molar-refractivity contribution in [1.29, 1.82) is 0 Å². The molecule has 4 heteroatoms. The molecule has 4 nitrogen and oxygen atoms in total. The average molecular weight is 266 g/mol. The van der Waals surface area contributed by atoms with Gasteiger partial charge in [0, 0.05) is 18.3 Å². The number of allylic oxidation sites excluding steroid dienone is 1. The second-order valence-corrected chi connectivity index (χ2v) is 4.28. The van der Waals surface area contributed by atoms with Crippen molar-refractivity contribution >= 4 is 23.7 Å². The van der Waals surface area contributed by atoms with Crippen molar-refractivity contribution in [3.8, 4) is 0 Å². The molecule has 0 spiro atoms. The lowest BCUT2D eigenvalue weighted by Gasteiger charge is -1.98. The summed E-state index contributed by atoms with van der Waals surface area (Å²) >= 11 is 0. The van der Waals surface area contributed by atoms with Gasteiger partial charge in [0.15, 0.2) is 0 Å². The molecule has 0 atom stereocenters. The molecule has 0 saturated carbocycles. The highest BCUT2D eigenvalue weighted by Gasteiger charge is 2.06. The van der Waals surface area contributed by atoms with Crippen LogP contribution in [0.3, 0.4) is 0 Å². The number of nitrogens with zero attached hydrogens (tertiary/aromatic N) is 2. The predicted molar refractivity (Wildman–Crippen MR) is 81.5 cm³/mol. The molecule has 0 aliphatic heterocycles. The smallest absolute Gasteiger partial charge is 0.258 e. The fourth-order valence-electron chi connectivity index (χ4n) is 1.69. The van der Waals surface area contributed by atoms with Gasteiger partial charge in [-0.1, -0.05) is 42.5 Å². The molecule has 0 aliphatic rings. The zero-order chi connectivity index (χ0) is 14.4. The maximum atomic E-state index is 10.7. The van der Waals surface area contributed by atoms with Crippen molar-refractivity contribution in [3.63, 3.8) is 0 Å². The molecule has 2 rings (SSSR count). The van der Waals surface area contributed by atoms with E-state index in [-0.39, 0.29) is 5.69 Å². The van der Waals surface area contributed by atoms with E-state index in [0.29, 0.717) is 5.69 Å². The first kappa shape index (κ1) is 13.7. The molecule has 0 bridgehead atoms. The Balaban J connectivity index is 2.13. The second-order valence-electron chi connectivity index (χ2n) is 4.28. The minimum atomic E-state index is -0.418. The molecule has 2 aromatic carbocycles. The van der Waals surface area contributed by atoms with Gasteiger partial charge in [-0.25, -0.2) is 0 Å². The first-order valence-corrected chi connectivity index (χ1v) is 6.17. The number of hydrogen-bond acceptors (Lipinski definition) is 3. The van der Waals surface area contributed by atoms with Crippen LogP contribution in [0.4, 0.5) is 11.4 Å². The molecule has 0 heterocycles. The fourth-order valence-corrected chi connectivity index (χ4v) is 1.69. The Labute approximate surface area is 117 Å². The molecule has 0 amide bonds. The number of aliphatic imine (C=N–C) groups is 1. The number of non-ortho nitro benzene ring substituents is 1. The highest BCUT2D eigenvalue weighted by atomic mass is 16.6. The van der Waals surface area contributed by atoms with E-state index >= 15 is 0 Å². The third-order valence-electron chi connectivity index (χ3n) is 2.79. The van der Waals surface area contributed by atoms with Gasteiger partial charge in [-0.3, -0.25) is 15.1 Å². The molecule has 0 radical (unpaired) electrons. The fraction of sp³-hybridized carbons (Fsp3) is 0.0625. The molecule has 0 fully saturated rings. The molecule has 0 aliphatic carbocycles.